The van der Waals surface area contributed by atoms with Crippen molar-refractivity contribution in [2.45, 2.75) is 12.5 Å². The van der Waals surface area contributed by atoms with E-state index in [0.717, 1.165) is 29.9 Å². The number of furan rings is 1. The minimum atomic E-state index is -0.330. The number of nitrogens with zero attached hydrogens (tertiary/aromatic N) is 4. The third-order valence-corrected chi connectivity index (χ3v) is 7.20. The summed E-state index contributed by atoms with van der Waals surface area (Å²) in [6.07, 6.45) is 1.96. The molecule has 5 rings (SSSR count). The molecule has 1 saturated heterocycles. The van der Waals surface area contributed by atoms with Crippen molar-refractivity contribution in [1.82, 2.24) is 14.8 Å². The summed E-state index contributed by atoms with van der Waals surface area (Å²) in [7, 11) is 3.19. The highest BCUT2D eigenvalue weighted by molar-refractivity contribution is 6.05. The van der Waals surface area contributed by atoms with Crippen LogP contribution < -0.4 is 9.47 Å². The Bertz CT molecular complexity index is 1320. The van der Waals surface area contributed by atoms with E-state index in [1.54, 1.807) is 37.3 Å². The maximum Gasteiger partial charge on any atom is 0.290 e. The van der Waals surface area contributed by atoms with Gasteiger partial charge in [-0.15, -0.1) is 0 Å². The molecule has 0 bridgehead atoms. The van der Waals surface area contributed by atoms with Gasteiger partial charge in [0.2, 0.25) is 0 Å². The molecular formula is C30H34N4O6. The van der Waals surface area contributed by atoms with Gasteiger partial charge in [-0.1, -0.05) is 30.3 Å². The van der Waals surface area contributed by atoms with E-state index in [9.17, 15) is 9.59 Å². The Balaban J connectivity index is 1.41. The summed E-state index contributed by atoms with van der Waals surface area (Å²) in [5, 5.41) is 6.30. The van der Waals surface area contributed by atoms with E-state index < -0.39 is 0 Å². The van der Waals surface area contributed by atoms with Crippen LogP contribution in [0.5, 0.6) is 11.5 Å². The number of carbonyl (C=O) groups is 2. The van der Waals surface area contributed by atoms with Gasteiger partial charge < -0.3 is 23.5 Å². The van der Waals surface area contributed by atoms with Crippen molar-refractivity contribution in [2.24, 2.45) is 5.10 Å². The van der Waals surface area contributed by atoms with Gasteiger partial charge in [-0.05, 0) is 29.8 Å². The summed E-state index contributed by atoms with van der Waals surface area (Å²) < 4.78 is 21.8. The molecule has 2 aromatic carbocycles. The zero-order chi connectivity index (χ0) is 27.9. The van der Waals surface area contributed by atoms with Crippen LogP contribution in [0.4, 0.5) is 0 Å². The number of methoxy groups -OCH3 is 2. The first-order valence-corrected chi connectivity index (χ1v) is 13.4. The number of carbonyl (C=O) groups excluding carboxylic acids is 2. The van der Waals surface area contributed by atoms with E-state index in [4.69, 9.17) is 23.7 Å². The van der Waals surface area contributed by atoms with Gasteiger partial charge in [-0.3, -0.25) is 14.5 Å². The molecular weight excluding hydrogens is 512 g/mol. The van der Waals surface area contributed by atoms with Crippen molar-refractivity contribution in [3.63, 3.8) is 0 Å². The number of morpholine rings is 1. The van der Waals surface area contributed by atoms with Gasteiger partial charge in [0.25, 0.3) is 11.8 Å². The summed E-state index contributed by atoms with van der Waals surface area (Å²) in [4.78, 5) is 31.0. The van der Waals surface area contributed by atoms with E-state index in [1.165, 1.54) is 11.3 Å². The summed E-state index contributed by atoms with van der Waals surface area (Å²) in [6.45, 7) is 3.75. The monoisotopic (exact) mass is 546 g/mol. The molecule has 3 heterocycles. The van der Waals surface area contributed by atoms with Crippen LogP contribution in [0.15, 0.2) is 76.4 Å². The van der Waals surface area contributed by atoms with Crippen LogP contribution in [-0.4, -0.2) is 92.5 Å². The number of ether oxygens (including phenoxy) is 3. The number of amides is 2. The average molecular weight is 547 g/mol. The molecule has 2 amide bonds. The van der Waals surface area contributed by atoms with Crippen LogP contribution >= 0.6 is 0 Å². The van der Waals surface area contributed by atoms with Crippen molar-refractivity contribution < 1.29 is 28.2 Å². The summed E-state index contributed by atoms with van der Waals surface area (Å²) in [6, 6.07) is 18.3. The highest BCUT2D eigenvalue weighted by Crippen LogP contribution is 2.36. The Labute approximate surface area is 233 Å². The van der Waals surface area contributed by atoms with Crippen molar-refractivity contribution in [3.05, 3.63) is 83.8 Å². The van der Waals surface area contributed by atoms with E-state index in [-0.39, 0.29) is 30.2 Å². The number of hydrogen-bond donors (Lipinski definition) is 0. The van der Waals surface area contributed by atoms with Gasteiger partial charge in [0.05, 0.1) is 45.5 Å². The number of hydrogen-bond acceptors (Lipinski definition) is 8. The molecule has 0 saturated carbocycles. The van der Waals surface area contributed by atoms with Crippen LogP contribution in [0.1, 0.15) is 34.1 Å². The zero-order valence-corrected chi connectivity index (χ0v) is 22.8. The molecule has 0 aliphatic carbocycles. The molecule has 3 aromatic rings. The van der Waals surface area contributed by atoms with Gasteiger partial charge in [-0.25, -0.2) is 5.01 Å². The lowest BCUT2D eigenvalue weighted by atomic mass is 9.98. The molecule has 0 spiro atoms. The van der Waals surface area contributed by atoms with E-state index in [2.05, 4.69) is 4.90 Å². The Morgan fingerprint density at radius 3 is 2.52 bits per heavy atom. The molecule has 40 heavy (non-hydrogen) atoms. The Morgan fingerprint density at radius 2 is 1.82 bits per heavy atom. The highest BCUT2D eigenvalue weighted by atomic mass is 16.5. The largest absolute Gasteiger partial charge is 0.497 e. The van der Waals surface area contributed by atoms with Crippen LogP contribution in [0.2, 0.25) is 0 Å². The first kappa shape index (κ1) is 27.4. The Kier molecular flexibility index (Phi) is 8.78. The molecule has 210 valence electrons. The molecule has 1 aromatic heterocycles. The number of rotatable bonds is 10. The van der Waals surface area contributed by atoms with E-state index >= 15 is 0 Å². The number of hydrazone groups is 1. The van der Waals surface area contributed by atoms with Crippen molar-refractivity contribution in [1.29, 1.82) is 0 Å². The Hall–Kier alpha value is -4.15. The SMILES string of the molecule is COc1ccc(C2=NN(C(=O)CN(CCN3CCOCC3)C(=O)c3ccco3)[C@H](c3ccccc3)C2)c(OC)c1. The minimum absolute atomic E-state index is 0.135. The molecule has 10 heteroatoms. The first-order valence-electron chi connectivity index (χ1n) is 13.4. The van der Waals surface area contributed by atoms with Gasteiger partial charge in [-0.2, -0.15) is 5.10 Å². The predicted molar refractivity (Wildman–Crippen MR) is 149 cm³/mol. The summed E-state index contributed by atoms with van der Waals surface area (Å²) >= 11 is 0. The predicted octanol–water partition coefficient (Wildman–Crippen LogP) is 3.45. The lowest BCUT2D eigenvalue weighted by Crippen LogP contribution is -2.46. The summed E-state index contributed by atoms with van der Waals surface area (Å²) in [5.41, 5.74) is 2.47. The van der Waals surface area contributed by atoms with Gasteiger partial charge in [0, 0.05) is 44.2 Å². The zero-order valence-electron chi connectivity index (χ0n) is 22.8. The lowest BCUT2D eigenvalue weighted by Gasteiger charge is -2.30. The fourth-order valence-electron chi connectivity index (χ4n) is 5.01. The van der Waals surface area contributed by atoms with Crippen LogP contribution in [-0.2, 0) is 9.53 Å². The average Bonchev–Trinajstić information content (AvgIpc) is 3.71. The van der Waals surface area contributed by atoms with E-state index in [0.29, 0.717) is 44.2 Å². The summed E-state index contributed by atoms with van der Waals surface area (Å²) in [5.74, 6) is 0.864. The van der Waals surface area contributed by atoms with Gasteiger partial charge in [0.1, 0.15) is 18.0 Å². The molecule has 0 N–H and O–H groups in total. The molecule has 2 aliphatic rings. The number of benzene rings is 2. The van der Waals surface area contributed by atoms with Gasteiger partial charge >= 0.3 is 0 Å². The molecule has 1 fully saturated rings. The van der Waals surface area contributed by atoms with E-state index in [1.807, 2.05) is 42.5 Å². The molecule has 1 atom stereocenters. The first-order chi connectivity index (χ1) is 19.6. The molecule has 0 unspecified atom stereocenters. The van der Waals surface area contributed by atoms with Crippen molar-refractivity contribution >= 4 is 17.5 Å². The van der Waals surface area contributed by atoms with Crippen LogP contribution in [0.25, 0.3) is 0 Å². The minimum Gasteiger partial charge on any atom is -0.497 e. The third-order valence-electron chi connectivity index (χ3n) is 7.20. The van der Waals surface area contributed by atoms with Crippen LogP contribution in [0, 0.1) is 0 Å². The standard InChI is InChI=1S/C30H34N4O6/c1-37-23-10-11-24(28(19-23)38-2)25-20-26(22-7-4-3-5-8-22)34(31-25)29(35)21-33(30(36)27-9-6-16-40-27)13-12-32-14-17-39-18-15-32/h3-11,16,19,26H,12-15,17-18,20-21H2,1-2H3/t26-/m0/s1. The second-order valence-electron chi connectivity index (χ2n) is 9.64. The van der Waals surface area contributed by atoms with Gasteiger partial charge in [0.15, 0.2) is 5.76 Å². The Morgan fingerprint density at radius 1 is 1.02 bits per heavy atom. The smallest absolute Gasteiger partial charge is 0.290 e. The molecule has 0 radical (unpaired) electrons. The molecule has 2 aliphatic heterocycles. The van der Waals surface area contributed by atoms with Crippen LogP contribution in [0.3, 0.4) is 0 Å². The quantitative estimate of drug-likeness (QED) is 0.384. The van der Waals surface area contributed by atoms with Crippen molar-refractivity contribution in [2.75, 3.05) is 60.2 Å². The fourth-order valence-corrected chi connectivity index (χ4v) is 5.01. The maximum absolute atomic E-state index is 13.9. The van der Waals surface area contributed by atoms with Crippen molar-refractivity contribution in [3.8, 4) is 11.5 Å². The topological polar surface area (TPSA) is 97.1 Å². The fraction of sp³-hybridized carbons (Fsp3) is 0.367. The third kappa shape index (κ3) is 6.19. The lowest BCUT2D eigenvalue weighted by molar-refractivity contribution is -0.133. The highest BCUT2D eigenvalue weighted by Gasteiger charge is 2.35. The maximum atomic E-state index is 13.9. The second-order valence-corrected chi connectivity index (χ2v) is 9.64. The molecule has 10 nitrogen and oxygen atoms in total. The normalized spacial score (nSPS) is 17.4. The second kappa shape index (κ2) is 12.8.